The highest BCUT2D eigenvalue weighted by atomic mass is 16.5. The normalized spacial score (nSPS) is 15.5. The number of pyridine rings is 2. The summed E-state index contributed by atoms with van der Waals surface area (Å²) < 4.78 is 16.3. The minimum absolute atomic E-state index is 0.0381. The molecule has 2 aliphatic rings. The van der Waals surface area contributed by atoms with Gasteiger partial charge in [0.25, 0.3) is 11.6 Å². The smallest absolute Gasteiger partial charge is 0.338 e. The lowest BCUT2D eigenvalue weighted by Crippen LogP contribution is -2.51. The number of methoxy groups -OCH3 is 2. The number of rotatable bonds is 11. The highest BCUT2D eigenvalue weighted by Crippen LogP contribution is 2.35. The summed E-state index contributed by atoms with van der Waals surface area (Å²) in [5, 5.41) is 34.6. The van der Waals surface area contributed by atoms with Crippen molar-refractivity contribution in [2.45, 2.75) is 26.7 Å². The van der Waals surface area contributed by atoms with Gasteiger partial charge in [0.1, 0.15) is 35.3 Å². The van der Waals surface area contributed by atoms with Crippen molar-refractivity contribution >= 4 is 56.3 Å². The molecule has 8 heterocycles. The summed E-state index contributed by atoms with van der Waals surface area (Å²) in [6.07, 6.45) is 9.94. The maximum absolute atomic E-state index is 14.2. The van der Waals surface area contributed by atoms with E-state index in [2.05, 4.69) is 52.7 Å². The molecule has 2 aliphatic heterocycles. The van der Waals surface area contributed by atoms with E-state index in [1.807, 2.05) is 54.6 Å². The Bertz CT molecular complexity index is 3700. The van der Waals surface area contributed by atoms with E-state index in [9.17, 15) is 29.7 Å². The lowest BCUT2D eigenvalue weighted by Gasteiger charge is -2.37. The van der Waals surface area contributed by atoms with Crippen LogP contribution in [0.1, 0.15) is 56.3 Å². The highest BCUT2D eigenvalue weighted by molar-refractivity contribution is 6.45. The number of hydrogen-bond donors (Lipinski definition) is 3. The van der Waals surface area contributed by atoms with Crippen LogP contribution in [0.15, 0.2) is 103 Å². The summed E-state index contributed by atoms with van der Waals surface area (Å²) in [4.78, 5) is 75.4. The first kappa shape index (κ1) is 47.1. The minimum atomic E-state index is -0.811. The van der Waals surface area contributed by atoms with Gasteiger partial charge in [-0.2, -0.15) is 25.2 Å². The Balaban J connectivity index is 0.917. The van der Waals surface area contributed by atoms with Gasteiger partial charge in [0, 0.05) is 39.1 Å². The van der Waals surface area contributed by atoms with Crippen LogP contribution in [0.25, 0.3) is 50.3 Å². The van der Waals surface area contributed by atoms with Gasteiger partial charge in [-0.05, 0) is 73.2 Å². The third-order valence-corrected chi connectivity index (χ3v) is 12.9. The van der Waals surface area contributed by atoms with E-state index in [-0.39, 0.29) is 36.5 Å². The van der Waals surface area contributed by atoms with Gasteiger partial charge in [-0.25, -0.2) is 25.1 Å². The monoisotopic (exact) mass is 977 g/mol. The van der Waals surface area contributed by atoms with Gasteiger partial charge in [-0.1, -0.05) is 40.1 Å². The second-order valence-corrected chi connectivity index (χ2v) is 17.2. The van der Waals surface area contributed by atoms with E-state index < -0.39 is 23.4 Å². The van der Waals surface area contributed by atoms with Crippen LogP contribution in [0.4, 0.5) is 0 Å². The minimum Gasteiger partial charge on any atom is -0.494 e. The maximum atomic E-state index is 14.2. The van der Waals surface area contributed by atoms with Crippen LogP contribution in [0, 0.1) is 36.5 Å². The SMILES string of the molecule is COc1cnc(-n2cnc(C)n2)c2[nH]cc(C(=O)C(=O)N3CC/C(=C(\C#N)c4ccc(-[n+]5cc(OC)c6c(C(=O)C(=O)N7C/C(=C(\C#N)c8ccccc8)CCN7)c[nH]c6c5-n5cnc(C)n5)cc4)CN3C)c12. The first-order valence-corrected chi connectivity index (χ1v) is 22.9. The molecule has 0 unspecified atom stereocenters. The first-order valence-electron chi connectivity index (χ1n) is 22.9. The number of Topliss-reactive ketones (excluding diaryl/α,β-unsaturated/α-hetero) is 2. The summed E-state index contributed by atoms with van der Waals surface area (Å²) in [6, 6.07) is 21.1. The van der Waals surface area contributed by atoms with Gasteiger partial charge in [0.15, 0.2) is 17.4 Å². The molecule has 73 heavy (non-hydrogen) atoms. The molecular weight excluding hydrogens is 933 g/mol. The fraction of sp³-hybridized carbons (Fsp3) is 0.216. The second-order valence-electron chi connectivity index (χ2n) is 17.2. The van der Waals surface area contributed by atoms with Gasteiger partial charge in [-0.15, -0.1) is 0 Å². The molecule has 0 aliphatic carbocycles. The predicted octanol–water partition coefficient (Wildman–Crippen LogP) is 4.25. The molecule has 2 amide bonds. The Morgan fingerprint density at radius 3 is 1.93 bits per heavy atom. The summed E-state index contributed by atoms with van der Waals surface area (Å²) in [7, 11) is 4.61. The van der Waals surface area contributed by atoms with Crippen LogP contribution in [0.5, 0.6) is 11.5 Å². The number of ether oxygens (including phenoxy) is 2. The maximum Gasteiger partial charge on any atom is 0.338 e. The number of aryl methyl sites for hydroxylation is 2. The standard InChI is InChI=1S/C51H44N16O6/c1-29-57-27-65(60-29)48-44-42(40(72-4)23-56-48)38(21-54-44)47(69)51(71)67-18-16-34(24-62(67)3)37(20-53)32-11-13-35(14-12-32)63-26-41(73-5)43-39(22-55-45(43)49(63)66-28-58-30(2)61-66)46(68)50(70)64-25-33(15-17-59-64)36(19-52)31-9-7-6-8-10-31/h6-14,21-23,26-28,59H,15-18,24-25H2,1-5H3,(H,54,56,69)/p+1/b36-33+,37-34-. The number of nitriles is 2. The third kappa shape index (κ3) is 8.41. The molecular formula is C51H45N16O6+. The molecule has 0 saturated carbocycles. The van der Waals surface area contributed by atoms with E-state index in [1.165, 1.54) is 60.2 Å². The first-order chi connectivity index (χ1) is 35.4. The van der Waals surface area contributed by atoms with Crippen molar-refractivity contribution in [3.05, 3.63) is 137 Å². The van der Waals surface area contributed by atoms with Crippen LogP contribution < -0.4 is 19.5 Å². The van der Waals surface area contributed by atoms with Crippen molar-refractivity contribution < 1.29 is 33.2 Å². The van der Waals surface area contributed by atoms with Crippen molar-refractivity contribution in [3.8, 4) is 41.0 Å². The molecule has 3 N–H and O–H groups in total. The number of carbonyl (C=O) groups excluding carboxylic acids is 4. The number of allylic oxidation sites excluding steroid dienone is 2. The molecule has 2 saturated heterocycles. The average molecular weight is 978 g/mol. The molecule has 364 valence electrons. The number of hydrazine groups is 2. The number of carbonyl (C=O) groups is 4. The molecule has 22 heteroatoms. The average Bonchev–Trinajstić information content (AvgIpc) is 4.26. The van der Waals surface area contributed by atoms with Gasteiger partial charge in [0.2, 0.25) is 6.33 Å². The zero-order valence-electron chi connectivity index (χ0n) is 40.2. The topological polar surface area (TPSA) is 266 Å². The lowest BCUT2D eigenvalue weighted by molar-refractivity contribution is -0.589. The Labute approximate surface area is 416 Å². The number of ketones is 2. The molecule has 10 rings (SSSR count). The Hall–Kier alpha value is -9.64. The van der Waals surface area contributed by atoms with E-state index in [0.29, 0.717) is 92.6 Å². The van der Waals surface area contributed by atoms with Gasteiger partial charge in [0.05, 0.1) is 77.7 Å². The Morgan fingerprint density at radius 2 is 1.32 bits per heavy atom. The number of fused-ring (bicyclic) bond motifs is 2. The molecule has 6 aromatic heterocycles. The van der Waals surface area contributed by atoms with Crippen molar-refractivity contribution in [3.63, 3.8) is 0 Å². The Morgan fingerprint density at radius 1 is 0.712 bits per heavy atom. The Kier molecular flexibility index (Phi) is 12.4. The van der Waals surface area contributed by atoms with Crippen LogP contribution in [0.2, 0.25) is 0 Å². The summed E-state index contributed by atoms with van der Waals surface area (Å²) in [5.41, 5.74) is 8.41. The van der Waals surface area contributed by atoms with Crippen LogP contribution in [0.3, 0.4) is 0 Å². The number of nitrogens with one attached hydrogen (secondary N) is 3. The number of aromatic amines is 2. The molecule has 0 atom stereocenters. The molecule has 2 aromatic carbocycles. The molecule has 0 bridgehead atoms. The number of H-pyrrole nitrogens is 2. The zero-order valence-corrected chi connectivity index (χ0v) is 40.2. The van der Waals surface area contributed by atoms with E-state index in [1.54, 1.807) is 41.3 Å². The molecule has 0 spiro atoms. The molecule has 22 nitrogen and oxygen atoms in total. The largest absolute Gasteiger partial charge is 0.494 e. The number of hydrogen-bond acceptors (Lipinski definition) is 15. The van der Waals surface area contributed by atoms with Crippen molar-refractivity contribution in [1.82, 2.24) is 64.9 Å². The quantitative estimate of drug-likeness (QED) is 0.0708. The van der Waals surface area contributed by atoms with Gasteiger partial charge >= 0.3 is 17.6 Å². The van der Waals surface area contributed by atoms with E-state index in [0.717, 1.165) is 16.7 Å². The molecule has 8 aromatic rings. The van der Waals surface area contributed by atoms with Crippen molar-refractivity contribution in [2.75, 3.05) is 47.4 Å². The van der Waals surface area contributed by atoms with Crippen LogP contribution in [-0.2, 0) is 9.59 Å². The van der Waals surface area contributed by atoms with Crippen LogP contribution >= 0.6 is 0 Å². The van der Waals surface area contributed by atoms with Crippen molar-refractivity contribution in [1.29, 1.82) is 10.5 Å². The number of amides is 2. The summed E-state index contributed by atoms with van der Waals surface area (Å²) in [5.74, 6) is -0.726. The van der Waals surface area contributed by atoms with E-state index in [4.69, 9.17) is 9.47 Å². The lowest BCUT2D eigenvalue weighted by atomic mass is 9.97. The third-order valence-electron chi connectivity index (χ3n) is 12.9. The molecule has 2 fully saturated rings. The fourth-order valence-corrected chi connectivity index (χ4v) is 9.37. The van der Waals surface area contributed by atoms with Gasteiger partial charge in [-0.3, -0.25) is 29.2 Å². The number of benzene rings is 2. The zero-order chi connectivity index (χ0) is 51.1. The molecule has 0 radical (unpaired) electrons. The second kappa shape index (κ2) is 19.3. The number of aromatic nitrogens is 10. The highest BCUT2D eigenvalue weighted by Gasteiger charge is 2.36. The number of likely N-dealkylation sites (N-methyl/N-ethyl adjacent to an activating group) is 1. The number of nitrogens with zero attached hydrogens (tertiary/aromatic N) is 13. The van der Waals surface area contributed by atoms with Crippen molar-refractivity contribution in [2.24, 2.45) is 0 Å². The van der Waals surface area contributed by atoms with E-state index >= 15 is 0 Å². The summed E-state index contributed by atoms with van der Waals surface area (Å²) in [6.45, 7) is 4.19. The predicted molar refractivity (Wildman–Crippen MR) is 262 cm³/mol. The summed E-state index contributed by atoms with van der Waals surface area (Å²) >= 11 is 0. The van der Waals surface area contributed by atoms with Crippen LogP contribution in [-0.4, -0.2) is 130 Å². The fourth-order valence-electron chi connectivity index (χ4n) is 9.37. The van der Waals surface area contributed by atoms with Gasteiger partial charge < -0.3 is 19.4 Å².